The molecule has 0 amide bonds. The van der Waals surface area contributed by atoms with Crippen LogP contribution < -0.4 is 4.74 Å². The Morgan fingerprint density at radius 1 is 1.40 bits per heavy atom. The Labute approximate surface area is 117 Å². The standard InChI is InChI=1S/C16H17N3O/c1-3-7-19-11-13(10-18-8-6-17-12-18)15-9-14(20-2)4-5-16(15)19/h3-6,8-9,11-12H,1,7,10H2,2H3. The Hall–Kier alpha value is -2.49. The molecule has 0 aliphatic carbocycles. The lowest BCUT2D eigenvalue weighted by molar-refractivity contribution is 0.415. The van der Waals surface area contributed by atoms with E-state index in [0.717, 1.165) is 18.8 Å². The molecule has 3 aromatic rings. The van der Waals surface area contributed by atoms with Crippen molar-refractivity contribution in [2.45, 2.75) is 13.1 Å². The summed E-state index contributed by atoms with van der Waals surface area (Å²) < 4.78 is 9.60. The van der Waals surface area contributed by atoms with Crippen LogP contribution in [0.25, 0.3) is 10.9 Å². The average molecular weight is 267 g/mol. The highest BCUT2D eigenvalue weighted by Gasteiger charge is 2.09. The van der Waals surface area contributed by atoms with Gasteiger partial charge in [-0.2, -0.15) is 0 Å². The molecular formula is C16H17N3O. The average Bonchev–Trinajstić information content (AvgIpc) is 3.09. The van der Waals surface area contributed by atoms with E-state index in [4.69, 9.17) is 4.74 Å². The summed E-state index contributed by atoms with van der Waals surface area (Å²) in [4.78, 5) is 4.09. The van der Waals surface area contributed by atoms with E-state index in [1.54, 1.807) is 13.3 Å². The number of hydrogen-bond donors (Lipinski definition) is 0. The van der Waals surface area contributed by atoms with Crippen molar-refractivity contribution < 1.29 is 4.74 Å². The molecule has 0 fully saturated rings. The monoisotopic (exact) mass is 267 g/mol. The van der Waals surface area contributed by atoms with Crippen LogP contribution in [-0.4, -0.2) is 21.2 Å². The number of fused-ring (bicyclic) bond motifs is 1. The van der Waals surface area contributed by atoms with Crippen LogP contribution in [0.4, 0.5) is 0 Å². The van der Waals surface area contributed by atoms with Crippen molar-refractivity contribution in [3.63, 3.8) is 0 Å². The summed E-state index contributed by atoms with van der Waals surface area (Å²) in [5.41, 5.74) is 2.44. The highest BCUT2D eigenvalue weighted by atomic mass is 16.5. The molecule has 3 rings (SSSR count). The molecule has 0 atom stereocenters. The van der Waals surface area contributed by atoms with Gasteiger partial charge in [0.1, 0.15) is 5.75 Å². The number of ether oxygens (including phenoxy) is 1. The third kappa shape index (κ3) is 2.20. The zero-order valence-electron chi connectivity index (χ0n) is 11.5. The van der Waals surface area contributed by atoms with Crippen molar-refractivity contribution in [2.24, 2.45) is 0 Å². The second kappa shape index (κ2) is 5.25. The normalized spacial score (nSPS) is 10.8. The van der Waals surface area contributed by atoms with Gasteiger partial charge < -0.3 is 13.9 Å². The topological polar surface area (TPSA) is 32.0 Å². The zero-order chi connectivity index (χ0) is 13.9. The maximum absolute atomic E-state index is 5.33. The van der Waals surface area contributed by atoms with Crippen molar-refractivity contribution in [3.05, 3.63) is 61.3 Å². The molecule has 102 valence electrons. The molecule has 0 bridgehead atoms. The third-order valence-corrected chi connectivity index (χ3v) is 3.41. The molecule has 20 heavy (non-hydrogen) atoms. The van der Waals surface area contributed by atoms with Crippen molar-refractivity contribution in [2.75, 3.05) is 7.11 Å². The molecule has 0 spiro atoms. The summed E-state index contributed by atoms with van der Waals surface area (Å²) in [5, 5.41) is 1.21. The summed E-state index contributed by atoms with van der Waals surface area (Å²) in [7, 11) is 1.69. The van der Waals surface area contributed by atoms with Gasteiger partial charge in [-0.1, -0.05) is 6.08 Å². The SMILES string of the molecule is C=CCn1cc(Cn2ccnc2)c2cc(OC)ccc21. The van der Waals surface area contributed by atoms with Crippen LogP contribution in [0.1, 0.15) is 5.56 Å². The van der Waals surface area contributed by atoms with Gasteiger partial charge in [0.25, 0.3) is 0 Å². The van der Waals surface area contributed by atoms with Crippen LogP contribution in [0.2, 0.25) is 0 Å². The molecule has 0 N–H and O–H groups in total. The van der Waals surface area contributed by atoms with E-state index in [9.17, 15) is 0 Å². The summed E-state index contributed by atoms with van der Waals surface area (Å²) in [5.74, 6) is 0.876. The number of imidazole rings is 1. The lowest BCUT2D eigenvalue weighted by Crippen LogP contribution is -1.95. The maximum atomic E-state index is 5.33. The fourth-order valence-corrected chi connectivity index (χ4v) is 2.47. The van der Waals surface area contributed by atoms with E-state index in [0.29, 0.717) is 0 Å². The van der Waals surface area contributed by atoms with Gasteiger partial charge in [0.05, 0.1) is 20.0 Å². The smallest absolute Gasteiger partial charge is 0.119 e. The summed E-state index contributed by atoms with van der Waals surface area (Å²) in [6.45, 7) is 5.42. The van der Waals surface area contributed by atoms with E-state index in [1.165, 1.54) is 16.5 Å². The molecule has 0 radical (unpaired) electrons. The van der Waals surface area contributed by atoms with E-state index in [2.05, 4.69) is 39.0 Å². The van der Waals surface area contributed by atoms with Crippen LogP contribution in [0.15, 0.2) is 55.8 Å². The second-order valence-corrected chi connectivity index (χ2v) is 4.71. The number of nitrogens with zero attached hydrogens (tertiary/aromatic N) is 3. The van der Waals surface area contributed by atoms with Crippen LogP contribution in [-0.2, 0) is 13.1 Å². The Morgan fingerprint density at radius 2 is 2.30 bits per heavy atom. The van der Waals surface area contributed by atoms with Gasteiger partial charge >= 0.3 is 0 Å². The highest BCUT2D eigenvalue weighted by Crippen LogP contribution is 2.26. The van der Waals surface area contributed by atoms with Crippen LogP contribution in [0, 0.1) is 0 Å². The minimum Gasteiger partial charge on any atom is -0.497 e. The zero-order valence-corrected chi connectivity index (χ0v) is 11.5. The third-order valence-electron chi connectivity index (χ3n) is 3.41. The molecule has 4 nitrogen and oxygen atoms in total. The van der Waals surface area contributed by atoms with Crippen molar-refractivity contribution in [3.8, 4) is 5.75 Å². The first-order valence-electron chi connectivity index (χ1n) is 6.54. The first-order valence-corrected chi connectivity index (χ1v) is 6.54. The molecule has 0 unspecified atom stereocenters. The summed E-state index contributed by atoms with van der Waals surface area (Å²) in [6, 6.07) is 6.17. The van der Waals surface area contributed by atoms with Gasteiger partial charge in [-0.15, -0.1) is 6.58 Å². The Bertz CT molecular complexity index is 726. The summed E-state index contributed by atoms with van der Waals surface area (Å²) >= 11 is 0. The molecule has 2 aromatic heterocycles. The van der Waals surface area contributed by atoms with Crippen LogP contribution in [0.3, 0.4) is 0 Å². The largest absolute Gasteiger partial charge is 0.497 e. The Kier molecular flexibility index (Phi) is 3.29. The van der Waals surface area contributed by atoms with Gasteiger partial charge in [0.2, 0.25) is 0 Å². The number of benzene rings is 1. The molecule has 4 heteroatoms. The Morgan fingerprint density at radius 3 is 3.00 bits per heavy atom. The van der Waals surface area contributed by atoms with Gasteiger partial charge in [-0.05, 0) is 23.8 Å². The van der Waals surface area contributed by atoms with E-state index < -0.39 is 0 Å². The second-order valence-electron chi connectivity index (χ2n) is 4.71. The van der Waals surface area contributed by atoms with Gasteiger partial charge in [0, 0.05) is 36.0 Å². The molecule has 2 heterocycles. The fourth-order valence-electron chi connectivity index (χ4n) is 2.47. The predicted octanol–water partition coefficient (Wildman–Crippen LogP) is 3.08. The van der Waals surface area contributed by atoms with E-state index in [1.807, 2.05) is 24.7 Å². The van der Waals surface area contributed by atoms with E-state index >= 15 is 0 Å². The number of aromatic nitrogens is 3. The first-order chi connectivity index (χ1) is 9.81. The van der Waals surface area contributed by atoms with Crippen molar-refractivity contribution in [1.29, 1.82) is 0 Å². The van der Waals surface area contributed by atoms with Crippen molar-refractivity contribution in [1.82, 2.24) is 14.1 Å². The van der Waals surface area contributed by atoms with Crippen molar-refractivity contribution >= 4 is 10.9 Å². The minimum atomic E-state index is 0.798. The molecule has 0 saturated carbocycles. The molecular weight excluding hydrogens is 250 g/mol. The molecule has 1 aromatic carbocycles. The maximum Gasteiger partial charge on any atom is 0.119 e. The molecule has 0 aliphatic rings. The quantitative estimate of drug-likeness (QED) is 0.665. The molecule has 0 aliphatic heterocycles. The van der Waals surface area contributed by atoms with Gasteiger partial charge in [0.15, 0.2) is 0 Å². The number of methoxy groups -OCH3 is 1. The first kappa shape index (κ1) is 12.5. The number of allylic oxidation sites excluding steroid dienone is 1. The fraction of sp³-hybridized carbons (Fsp3) is 0.188. The Balaban J connectivity index is 2.11. The summed E-state index contributed by atoms with van der Waals surface area (Å²) in [6.07, 6.45) is 9.67. The van der Waals surface area contributed by atoms with Crippen LogP contribution >= 0.6 is 0 Å². The molecule has 0 saturated heterocycles. The van der Waals surface area contributed by atoms with E-state index in [-0.39, 0.29) is 0 Å². The van der Waals surface area contributed by atoms with Gasteiger partial charge in [-0.25, -0.2) is 4.98 Å². The predicted molar refractivity (Wildman–Crippen MR) is 80.0 cm³/mol. The number of rotatable bonds is 5. The number of hydrogen-bond acceptors (Lipinski definition) is 2. The van der Waals surface area contributed by atoms with Gasteiger partial charge in [-0.3, -0.25) is 0 Å². The van der Waals surface area contributed by atoms with Crippen LogP contribution in [0.5, 0.6) is 5.75 Å². The minimum absolute atomic E-state index is 0.798. The lowest BCUT2D eigenvalue weighted by atomic mass is 10.1. The lowest BCUT2D eigenvalue weighted by Gasteiger charge is -2.03. The highest BCUT2D eigenvalue weighted by molar-refractivity contribution is 5.85.